The third-order valence-electron chi connectivity index (χ3n) is 2.17. The van der Waals surface area contributed by atoms with Crippen LogP contribution in [0.1, 0.15) is 20.3 Å². The fourth-order valence-electron chi connectivity index (χ4n) is 1.52. The summed E-state index contributed by atoms with van der Waals surface area (Å²) in [5.41, 5.74) is 0. The normalized spacial score (nSPS) is 10.2. The molecule has 0 bridgehead atoms. The summed E-state index contributed by atoms with van der Waals surface area (Å²) in [6, 6.07) is 5.91. The topological polar surface area (TPSA) is 25.4 Å². The average Bonchev–Trinajstić information content (AvgIpc) is 2.30. The second kappa shape index (κ2) is 7.49. The molecule has 0 aliphatic heterocycles. The van der Waals surface area contributed by atoms with Gasteiger partial charge in [0.2, 0.25) is 5.88 Å². The lowest BCUT2D eigenvalue weighted by molar-refractivity contribution is 0.327. The third kappa shape index (κ3) is 4.00. The zero-order valence-corrected chi connectivity index (χ0v) is 11.5. The Morgan fingerprint density at radius 2 is 2.12 bits per heavy atom. The van der Waals surface area contributed by atoms with Crippen LogP contribution in [0.15, 0.2) is 18.2 Å². The molecule has 0 saturated carbocycles. The molecule has 3 nitrogen and oxygen atoms in total. The number of halogens is 1. The minimum atomic E-state index is 0.655. The number of ether oxygens (including phenoxy) is 1. The summed E-state index contributed by atoms with van der Waals surface area (Å²) in [5, 5.41) is 0.952. The Labute approximate surface area is 106 Å². The highest BCUT2D eigenvalue weighted by Gasteiger charge is 2.06. The molecule has 90 valence electrons. The fourth-order valence-corrected chi connectivity index (χ4v) is 1.95. The first-order chi connectivity index (χ1) is 7.81. The van der Waals surface area contributed by atoms with Crippen LogP contribution in [0.4, 0.5) is 5.82 Å². The van der Waals surface area contributed by atoms with Gasteiger partial charge in [-0.05, 0) is 19.4 Å². The average molecular weight is 287 g/mol. The summed E-state index contributed by atoms with van der Waals surface area (Å²) in [5.74, 6) is 1.70. The smallest absolute Gasteiger partial charge is 0.215 e. The lowest BCUT2D eigenvalue weighted by Crippen LogP contribution is -2.27. The highest BCUT2D eigenvalue weighted by Crippen LogP contribution is 2.16. The van der Waals surface area contributed by atoms with Gasteiger partial charge in [-0.25, -0.2) is 0 Å². The number of anilines is 1. The Bertz CT molecular complexity index is 301. The van der Waals surface area contributed by atoms with E-state index in [1.54, 1.807) is 0 Å². The molecule has 0 N–H and O–H groups in total. The van der Waals surface area contributed by atoms with Crippen LogP contribution >= 0.6 is 15.9 Å². The van der Waals surface area contributed by atoms with Gasteiger partial charge in [0.15, 0.2) is 0 Å². The molecule has 1 rings (SSSR count). The summed E-state index contributed by atoms with van der Waals surface area (Å²) in [6.07, 6.45) is 1.12. The Morgan fingerprint density at radius 1 is 1.31 bits per heavy atom. The molecule has 0 spiro atoms. The van der Waals surface area contributed by atoms with Crippen molar-refractivity contribution in [3.05, 3.63) is 18.2 Å². The lowest BCUT2D eigenvalue weighted by Gasteiger charge is -2.22. The minimum absolute atomic E-state index is 0.655. The summed E-state index contributed by atoms with van der Waals surface area (Å²) in [4.78, 5) is 6.74. The molecule has 1 aromatic rings. The van der Waals surface area contributed by atoms with Gasteiger partial charge in [-0.2, -0.15) is 4.98 Å². The maximum atomic E-state index is 5.40. The van der Waals surface area contributed by atoms with E-state index in [2.05, 4.69) is 32.7 Å². The molecular formula is C12H19BrN2O. The van der Waals surface area contributed by atoms with Gasteiger partial charge in [0.1, 0.15) is 5.82 Å². The van der Waals surface area contributed by atoms with E-state index in [1.165, 1.54) is 0 Å². The molecule has 1 heterocycles. The number of nitrogens with zero attached hydrogens (tertiary/aromatic N) is 2. The third-order valence-corrected chi connectivity index (χ3v) is 2.53. The zero-order chi connectivity index (χ0) is 11.8. The molecule has 0 amide bonds. The predicted octanol–water partition coefficient (Wildman–Crippen LogP) is 3.09. The summed E-state index contributed by atoms with van der Waals surface area (Å²) < 4.78 is 5.40. The predicted molar refractivity (Wildman–Crippen MR) is 71.7 cm³/mol. The molecular weight excluding hydrogens is 268 g/mol. The number of aromatic nitrogens is 1. The molecule has 0 aromatic carbocycles. The number of hydrogen-bond donors (Lipinski definition) is 0. The van der Waals surface area contributed by atoms with Crippen LogP contribution in [0.2, 0.25) is 0 Å². The molecule has 0 aliphatic rings. The van der Waals surface area contributed by atoms with Crippen molar-refractivity contribution in [2.45, 2.75) is 20.3 Å². The van der Waals surface area contributed by atoms with E-state index in [0.717, 1.165) is 30.7 Å². The van der Waals surface area contributed by atoms with Crippen LogP contribution in [-0.4, -0.2) is 30.0 Å². The molecule has 0 saturated heterocycles. The number of pyridine rings is 1. The summed E-state index contributed by atoms with van der Waals surface area (Å²) in [7, 11) is 0. The summed E-state index contributed by atoms with van der Waals surface area (Å²) in [6.45, 7) is 6.79. The second-order valence-electron chi connectivity index (χ2n) is 3.44. The zero-order valence-electron chi connectivity index (χ0n) is 9.95. The van der Waals surface area contributed by atoms with E-state index in [4.69, 9.17) is 4.74 Å². The van der Waals surface area contributed by atoms with Crippen molar-refractivity contribution in [3.63, 3.8) is 0 Å². The van der Waals surface area contributed by atoms with Gasteiger partial charge in [0.05, 0.1) is 6.61 Å². The monoisotopic (exact) mass is 286 g/mol. The first-order valence-electron chi connectivity index (χ1n) is 5.72. The van der Waals surface area contributed by atoms with Crippen molar-refractivity contribution in [2.75, 3.05) is 29.9 Å². The Hall–Kier alpha value is -0.770. The quantitative estimate of drug-likeness (QED) is 0.721. The van der Waals surface area contributed by atoms with Crippen LogP contribution in [0.5, 0.6) is 5.88 Å². The molecule has 0 atom stereocenters. The fraction of sp³-hybridized carbons (Fsp3) is 0.583. The van der Waals surface area contributed by atoms with Crippen molar-refractivity contribution in [1.82, 2.24) is 4.98 Å². The Balaban J connectivity index is 2.77. The first kappa shape index (κ1) is 13.3. The maximum Gasteiger partial charge on any atom is 0.215 e. The first-order valence-corrected chi connectivity index (χ1v) is 6.84. The standard InChI is InChI=1S/C12H19BrN2O/c1-3-9-15(10-8-13)11-6-5-7-12(14-11)16-4-2/h5-7H,3-4,8-10H2,1-2H3. The Kier molecular flexibility index (Phi) is 6.23. The highest BCUT2D eigenvalue weighted by atomic mass is 79.9. The van der Waals surface area contributed by atoms with Gasteiger partial charge < -0.3 is 9.64 Å². The van der Waals surface area contributed by atoms with E-state index < -0.39 is 0 Å². The Morgan fingerprint density at radius 3 is 2.75 bits per heavy atom. The second-order valence-corrected chi connectivity index (χ2v) is 4.24. The molecule has 0 aliphatic carbocycles. The van der Waals surface area contributed by atoms with Crippen molar-refractivity contribution < 1.29 is 4.74 Å². The molecule has 1 aromatic heterocycles. The minimum Gasteiger partial charge on any atom is -0.478 e. The number of alkyl halides is 1. The molecule has 0 radical (unpaired) electrons. The lowest BCUT2D eigenvalue weighted by atomic mass is 10.3. The van der Waals surface area contributed by atoms with Crippen molar-refractivity contribution >= 4 is 21.7 Å². The van der Waals surface area contributed by atoms with Crippen molar-refractivity contribution in [2.24, 2.45) is 0 Å². The van der Waals surface area contributed by atoms with Gasteiger partial charge in [-0.1, -0.05) is 28.9 Å². The van der Waals surface area contributed by atoms with Gasteiger partial charge in [-0.3, -0.25) is 0 Å². The van der Waals surface area contributed by atoms with E-state index in [9.17, 15) is 0 Å². The van der Waals surface area contributed by atoms with E-state index >= 15 is 0 Å². The highest BCUT2D eigenvalue weighted by molar-refractivity contribution is 9.09. The van der Waals surface area contributed by atoms with E-state index in [1.807, 2.05) is 25.1 Å². The molecule has 16 heavy (non-hydrogen) atoms. The summed E-state index contributed by atoms with van der Waals surface area (Å²) >= 11 is 3.47. The van der Waals surface area contributed by atoms with Crippen LogP contribution in [0.25, 0.3) is 0 Å². The van der Waals surface area contributed by atoms with Crippen LogP contribution in [0, 0.1) is 0 Å². The van der Waals surface area contributed by atoms with E-state index in [0.29, 0.717) is 12.5 Å². The maximum absolute atomic E-state index is 5.40. The van der Waals surface area contributed by atoms with Gasteiger partial charge in [0.25, 0.3) is 0 Å². The number of rotatable bonds is 7. The number of hydrogen-bond acceptors (Lipinski definition) is 3. The van der Waals surface area contributed by atoms with Crippen molar-refractivity contribution in [3.8, 4) is 5.88 Å². The van der Waals surface area contributed by atoms with Crippen LogP contribution in [-0.2, 0) is 0 Å². The van der Waals surface area contributed by atoms with Crippen LogP contribution < -0.4 is 9.64 Å². The van der Waals surface area contributed by atoms with Gasteiger partial charge in [0, 0.05) is 24.5 Å². The van der Waals surface area contributed by atoms with Gasteiger partial charge in [-0.15, -0.1) is 0 Å². The molecule has 0 fully saturated rings. The molecule has 0 unspecified atom stereocenters. The van der Waals surface area contributed by atoms with Gasteiger partial charge >= 0.3 is 0 Å². The van der Waals surface area contributed by atoms with Crippen LogP contribution in [0.3, 0.4) is 0 Å². The molecule has 4 heteroatoms. The van der Waals surface area contributed by atoms with Crippen molar-refractivity contribution in [1.29, 1.82) is 0 Å². The van der Waals surface area contributed by atoms with E-state index in [-0.39, 0.29) is 0 Å². The SMILES string of the molecule is CCCN(CCBr)c1cccc(OCC)n1. The largest absolute Gasteiger partial charge is 0.478 e.